The molecule has 132 valence electrons. The number of carbonyl (C=O) groups excluding carboxylic acids is 2. The van der Waals surface area contributed by atoms with Crippen LogP contribution in [0.4, 0.5) is 5.69 Å². The molecular weight excluding hydrogens is 344 g/mol. The van der Waals surface area contributed by atoms with Gasteiger partial charge >= 0.3 is 0 Å². The van der Waals surface area contributed by atoms with Gasteiger partial charge < -0.3 is 5.32 Å². The van der Waals surface area contributed by atoms with Crippen LogP contribution in [0.5, 0.6) is 0 Å². The van der Waals surface area contributed by atoms with Crippen molar-refractivity contribution in [1.82, 2.24) is 4.98 Å². The number of ketones is 1. The molecule has 1 heterocycles. The molecule has 2 aromatic carbocycles. The lowest BCUT2D eigenvalue weighted by Crippen LogP contribution is -2.14. The first-order valence-corrected chi connectivity index (χ1v) is 9.23. The summed E-state index contributed by atoms with van der Waals surface area (Å²) in [4.78, 5) is 28.1. The number of anilines is 1. The summed E-state index contributed by atoms with van der Waals surface area (Å²) >= 11 is 1.55. The highest BCUT2D eigenvalue weighted by molar-refractivity contribution is 7.13. The molecule has 0 atom stereocenters. The number of benzene rings is 2. The van der Waals surface area contributed by atoms with Gasteiger partial charge in [-0.1, -0.05) is 23.8 Å². The Morgan fingerprint density at radius 3 is 2.46 bits per heavy atom. The van der Waals surface area contributed by atoms with E-state index in [-0.39, 0.29) is 18.1 Å². The number of aromatic nitrogens is 1. The van der Waals surface area contributed by atoms with E-state index in [1.54, 1.807) is 35.6 Å². The van der Waals surface area contributed by atoms with Gasteiger partial charge in [-0.15, -0.1) is 11.3 Å². The maximum Gasteiger partial charge on any atom is 0.230 e. The number of rotatable bonds is 5. The van der Waals surface area contributed by atoms with E-state index < -0.39 is 0 Å². The number of carbonyl (C=O) groups is 2. The molecule has 0 bridgehead atoms. The van der Waals surface area contributed by atoms with Gasteiger partial charge in [0.1, 0.15) is 5.01 Å². The van der Waals surface area contributed by atoms with E-state index in [2.05, 4.69) is 42.3 Å². The summed E-state index contributed by atoms with van der Waals surface area (Å²) in [6, 6.07) is 13.2. The van der Waals surface area contributed by atoms with Gasteiger partial charge in [0.25, 0.3) is 0 Å². The minimum absolute atomic E-state index is 0.00396. The number of aryl methyl sites for hydroxylation is 2. The SMILES string of the molecule is CC(=O)c1ccc(NC(=O)Cc2csc(-c3ccc(C)cc3C)n2)cc1. The van der Waals surface area contributed by atoms with Gasteiger partial charge in [-0.2, -0.15) is 0 Å². The van der Waals surface area contributed by atoms with Crippen molar-refractivity contribution in [3.63, 3.8) is 0 Å². The van der Waals surface area contributed by atoms with Gasteiger partial charge in [-0.25, -0.2) is 4.98 Å². The van der Waals surface area contributed by atoms with Crippen molar-refractivity contribution in [2.45, 2.75) is 27.2 Å². The van der Waals surface area contributed by atoms with E-state index in [1.165, 1.54) is 18.1 Å². The standard InChI is InChI=1S/C21H20N2O2S/c1-13-4-9-19(14(2)10-13)21-23-18(12-26-21)11-20(25)22-17-7-5-16(6-8-17)15(3)24/h4-10,12H,11H2,1-3H3,(H,22,25). The zero-order chi connectivity index (χ0) is 18.7. The Hall–Kier alpha value is -2.79. The van der Waals surface area contributed by atoms with Crippen LogP contribution in [0.15, 0.2) is 47.8 Å². The Bertz CT molecular complexity index is 958. The summed E-state index contributed by atoms with van der Waals surface area (Å²) in [6.45, 7) is 5.65. The van der Waals surface area contributed by atoms with Gasteiger partial charge in [0.05, 0.1) is 12.1 Å². The minimum Gasteiger partial charge on any atom is -0.326 e. The topological polar surface area (TPSA) is 59.1 Å². The number of nitrogens with zero attached hydrogens (tertiary/aromatic N) is 1. The monoisotopic (exact) mass is 364 g/mol. The predicted molar refractivity (Wildman–Crippen MR) is 106 cm³/mol. The number of thiazole rings is 1. The minimum atomic E-state index is -0.127. The van der Waals surface area contributed by atoms with E-state index >= 15 is 0 Å². The lowest BCUT2D eigenvalue weighted by atomic mass is 10.1. The third-order valence-electron chi connectivity index (χ3n) is 4.08. The van der Waals surface area contributed by atoms with E-state index in [9.17, 15) is 9.59 Å². The summed E-state index contributed by atoms with van der Waals surface area (Å²) in [7, 11) is 0. The number of hydrogen-bond acceptors (Lipinski definition) is 4. The lowest BCUT2D eigenvalue weighted by molar-refractivity contribution is -0.115. The molecule has 0 aliphatic carbocycles. The Morgan fingerprint density at radius 1 is 1.08 bits per heavy atom. The van der Waals surface area contributed by atoms with Gasteiger partial charge in [0.15, 0.2) is 5.78 Å². The average Bonchev–Trinajstić information content (AvgIpc) is 3.03. The summed E-state index contributed by atoms with van der Waals surface area (Å²) in [5, 5.41) is 5.69. The van der Waals surface area contributed by atoms with Crippen LogP contribution in [0.1, 0.15) is 34.1 Å². The van der Waals surface area contributed by atoms with Crippen molar-refractivity contribution in [3.05, 3.63) is 70.2 Å². The summed E-state index contributed by atoms with van der Waals surface area (Å²) in [5.74, 6) is -0.123. The van der Waals surface area contributed by atoms with Crippen molar-refractivity contribution >= 4 is 28.7 Å². The molecule has 0 radical (unpaired) electrons. The summed E-state index contributed by atoms with van der Waals surface area (Å²) < 4.78 is 0. The highest BCUT2D eigenvalue weighted by Gasteiger charge is 2.11. The molecule has 4 nitrogen and oxygen atoms in total. The molecular formula is C21H20N2O2S. The van der Waals surface area contributed by atoms with Crippen LogP contribution >= 0.6 is 11.3 Å². The quantitative estimate of drug-likeness (QED) is 0.661. The molecule has 3 aromatic rings. The molecule has 5 heteroatoms. The Morgan fingerprint density at radius 2 is 1.81 bits per heavy atom. The number of amides is 1. The van der Waals surface area contributed by atoms with Gasteiger partial charge in [-0.3, -0.25) is 9.59 Å². The molecule has 0 aliphatic rings. The Labute approximate surface area is 156 Å². The molecule has 26 heavy (non-hydrogen) atoms. The second-order valence-electron chi connectivity index (χ2n) is 6.32. The van der Waals surface area contributed by atoms with Crippen LogP contribution in [0, 0.1) is 13.8 Å². The Kier molecular flexibility index (Phi) is 5.28. The molecule has 1 amide bonds. The lowest BCUT2D eigenvalue weighted by Gasteiger charge is -2.05. The normalized spacial score (nSPS) is 10.6. The number of Topliss-reactive ketones (excluding diaryl/α,β-unsaturated/α-hetero) is 1. The average molecular weight is 364 g/mol. The highest BCUT2D eigenvalue weighted by atomic mass is 32.1. The first-order chi connectivity index (χ1) is 12.4. The zero-order valence-corrected chi connectivity index (χ0v) is 15.8. The zero-order valence-electron chi connectivity index (χ0n) is 15.0. The molecule has 0 unspecified atom stereocenters. The number of hydrogen-bond donors (Lipinski definition) is 1. The van der Waals surface area contributed by atoms with Gasteiger partial charge in [-0.05, 0) is 50.6 Å². The van der Waals surface area contributed by atoms with Crippen molar-refractivity contribution in [2.75, 3.05) is 5.32 Å². The van der Waals surface area contributed by atoms with Gasteiger partial charge in [0.2, 0.25) is 5.91 Å². The molecule has 0 aliphatic heterocycles. The fourth-order valence-electron chi connectivity index (χ4n) is 2.72. The highest BCUT2D eigenvalue weighted by Crippen LogP contribution is 2.27. The van der Waals surface area contributed by atoms with Crippen LogP contribution in [-0.2, 0) is 11.2 Å². The van der Waals surface area contributed by atoms with Gasteiger partial charge in [0, 0.05) is 22.2 Å². The van der Waals surface area contributed by atoms with E-state index in [0.29, 0.717) is 11.3 Å². The summed E-state index contributed by atoms with van der Waals surface area (Å²) in [6.07, 6.45) is 0.218. The van der Waals surface area contributed by atoms with Crippen LogP contribution in [0.3, 0.4) is 0 Å². The van der Waals surface area contributed by atoms with Crippen molar-refractivity contribution in [1.29, 1.82) is 0 Å². The Balaban J connectivity index is 1.66. The van der Waals surface area contributed by atoms with Crippen LogP contribution in [0.25, 0.3) is 10.6 Å². The first-order valence-electron chi connectivity index (χ1n) is 8.35. The fourth-order valence-corrected chi connectivity index (χ4v) is 3.63. The summed E-state index contributed by atoms with van der Waals surface area (Å²) in [5.41, 5.74) is 5.56. The molecule has 1 aromatic heterocycles. The third kappa shape index (κ3) is 4.24. The smallest absolute Gasteiger partial charge is 0.230 e. The maximum atomic E-state index is 12.2. The van der Waals surface area contributed by atoms with Crippen LogP contribution in [0.2, 0.25) is 0 Å². The molecule has 0 saturated carbocycles. The largest absolute Gasteiger partial charge is 0.326 e. The van der Waals surface area contributed by atoms with Crippen molar-refractivity contribution < 1.29 is 9.59 Å². The first kappa shape index (κ1) is 18.0. The van der Waals surface area contributed by atoms with Crippen molar-refractivity contribution in [2.24, 2.45) is 0 Å². The fraction of sp³-hybridized carbons (Fsp3) is 0.190. The predicted octanol–water partition coefficient (Wildman–Crippen LogP) is 4.81. The van der Waals surface area contributed by atoms with E-state index in [4.69, 9.17) is 0 Å². The third-order valence-corrected chi connectivity index (χ3v) is 5.01. The van der Waals surface area contributed by atoms with E-state index in [1.807, 2.05) is 5.38 Å². The molecule has 0 spiro atoms. The van der Waals surface area contributed by atoms with E-state index in [0.717, 1.165) is 16.3 Å². The number of nitrogens with one attached hydrogen (secondary N) is 1. The van der Waals surface area contributed by atoms with Crippen LogP contribution < -0.4 is 5.32 Å². The maximum absolute atomic E-state index is 12.2. The van der Waals surface area contributed by atoms with Crippen LogP contribution in [-0.4, -0.2) is 16.7 Å². The second-order valence-corrected chi connectivity index (χ2v) is 7.18. The second kappa shape index (κ2) is 7.62. The van der Waals surface area contributed by atoms with Crippen molar-refractivity contribution in [3.8, 4) is 10.6 Å². The molecule has 0 fully saturated rings. The molecule has 1 N–H and O–H groups in total. The molecule has 0 saturated heterocycles. The molecule has 3 rings (SSSR count).